The number of aromatic hydroxyl groups is 2. The minimum absolute atomic E-state index is 0.145. The Hall–Kier alpha value is -2.69. The molecule has 0 unspecified atom stereocenters. The lowest BCUT2D eigenvalue weighted by atomic mass is 10.1. The number of nitrogen functional groups attached to an aromatic ring is 1. The lowest BCUT2D eigenvalue weighted by Crippen LogP contribution is -2.25. The third-order valence-electron chi connectivity index (χ3n) is 2.84. The molecule has 0 atom stereocenters. The zero-order chi connectivity index (χ0) is 14.5. The predicted octanol–water partition coefficient (Wildman–Crippen LogP) is 1.65. The molecule has 0 spiro atoms. The van der Waals surface area contributed by atoms with Crippen LogP contribution in [0.3, 0.4) is 0 Å². The molecule has 0 saturated carbocycles. The Bertz CT molecular complexity index is 589. The molecule has 5 N–H and O–H groups in total. The van der Waals surface area contributed by atoms with Gasteiger partial charge in [-0.15, -0.1) is 0 Å². The highest BCUT2D eigenvalue weighted by atomic mass is 16.3. The lowest BCUT2D eigenvalue weighted by Gasteiger charge is -2.06. The van der Waals surface area contributed by atoms with E-state index in [2.05, 4.69) is 5.32 Å². The van der Waals surface area contributed by atoms with Gasteiger partial charge >= 0.3 is 0 Å². The van der Waals surface area contributed by atoms with Crippen molar-refractivity contribution < 1.29 is 15.0 Å². The second kappa shape index (κ2) is 5.97. The Labute approximate surface area is 116 Å². The zero-order valence-corrected chi connectivity index (χ0v) is 10.8. The molecule has 0 aliphatic rings. The van der Waals surface area contributed by atoms with Crippen molar-refractivity contribution in [2.75, 3.05) is 12.3 Å². The smallest absolute Gasteiger partial charge is 0.251 e. The van der Waals surface area contributed by atoms with E-state index in [9.17, 15) is 15.0 Å². The highest BCUT2D eigenvalue weighted by Crippen LogP contribution is 2.20. The summed E-state index contributed by atoms with van der Waals surface area (Å²) in [6.07, 6.45) is 0.677. The van der Waals surface area contributed by atoms with E-state index < -0.39 is 0 Å². The Morgan fingerprint density at radius 3 is 2.25 bits per heavy atom. The van der Waals surface area contributed by atoms with E-state index >= 15 is 0 Å². The van der Waals surface area contributed by atoms with Crippen LogP contribution < -0.4 is 11.1 Å². The first-order valence-electron chi connectivity index (χ1n) is 6.20. The van der Waals surface area contributed by atoms with Gasteiger partial charge in [-0.2, -0.15) is 0 Å². The van der Waals surface area contributed by atoms with Crippen molar-refractivity contribution in [2.45, 2.75) is 6.42 Å². The first-order chi connectivity index (χ1) is 9.54. The molecule has 1 amide bonds. The minimum Gasteiger partial charge on any atom is -0.508 e. The first kappa shape index (κ1) is 13.7. The molecular weight excluding hydrogens is 256 g/mol. The van der Waals surface area contributed by atoms with Gasteiger partial charge < -0.3 is 21.3 Å². The van der Waals surface area contributed by atoms with Gasteiger partial charge in [0, 0.05) is 23.9 Å². The van der Waals surface area contributed by atoms with E-state index in [1.165, 1.54) is 18.2 Å². The van der Waals surface area contributed by atoms with Crippen molar-refractivity contribution in [3.63, 3.8) is 0 Å². The standard InChI is InChI=1S/C15H16N2O3/c16-12-3-1-10(2-4-12)5-6-17-15(20)11-7-13(18)9-14(19)8-11/h1-4,7-9,18-19H,5-6,16H2,(H,17,20). The van der Waals surface area contributed by atoms with Crippen LogP contribution in [0.2, 0.25) is 0 Å². The zero-order valence-electron chi connectivity index (χ0n) is 10.8. The molecule has 5 heteroatoms. The SMILES string of the molecule is Nc1ccc(CCNC(=O)c2cc(O)cc(O)c2)cc1. The van der Waals surface area contributed by atoms with Crippen LogP contribution in [0.25, 0.3) is 0 Å². The quantitative estimate of drug-likeness (QED) is 0.636. The number of carbonyl (C=O) groups excluding carboxylic acids is 1. The van der Waals surface area contributed by atoms with Gasteiger partial charge in [0.2, 0.25) is 0 Å². The van der Waals surface area contributed by atoms with E-state index in [1.54, 1.807) is 0 Å². The largest absolute Gasteiger partial charge is 0.508 e. The molecule has 20 heavy (non-hydrogen) atoms. The number of hydrogen-bond acceptors (Lipinski definition) is 4. The first-order valence-corrected chi connectivity index (χ1v) is 6.20. The fraction of sp³-hybridized carbons (Fsp3) is 0.133. The van der Waals surface area contributed by atoms with Gasteiger partial charge in [-0.25, -0.2) is 0 Å². The molecule has 0 radical (unpaired) electrons. The highest BCUT2D eigenvalue weighted by Gasteiger charge is 2.07. The van der Waals surface area contributed by atoms with Crippen LogP contribution >= 0.6 is 0 Å². The van der Waals surface area contributed by atoms with Crippen LogP contribution in [0.15, 0.2) is 42.5 Å². The summed E-state index contributed by atoms with van der Waals surface area (Å²) >= 11 is 0. The van der Waals surface area contributed by atoms with E-state index in [4.69, 9.17) is 5.73 Å². The molecule has 0 aliphatic carbocycles. The van der Waals surface area contributed by atoms with Crippen LogP contribution in [0.1, 0.15) is 15.9 Å². The van der Waals surface area contributed by atoms with Gasteiger partial charge in [0.15, 0.2) is 0 Å². The third kappa shape index (κ3) is 3.65. The van der Waals surface area contributed by atoms with Gasteiger partial charge in [0.1, 0.15) is 11.5 Å². The van der Waals surface area contributed by atoms with Gasteiger partial charge in [-0.3, -0.25) is 4.79 Å². The van der Waals surface area contributed by atoms with Crippen molar-refractivity contribution in [3.05, 3.63) is 53.6 Å². The fourth-order valence-electron chi connectivity index (χ4n) is 1.83. The van der Waals surface area contributed by atoms with Crippen LogP contribution in [0, 0.1) is 0 Å². The number of hydrogen-bond donors (Lipinski definition) is 4. The molecule has 2 aromatic carbocycles. The van der Waals surface area contributed by atoms with Crippen LogP contribution in [0.5, 0.6) is 11.5 Å². The summed E-state index contributed by atoms with van der Waals surface area (Å²) in [6, 6.07) is 11.2. The lowest BCUT2D eigenvalue weighted by molar-refractivity contribution is 0.0953. The molecule has 0 aliphatic heterocycles. The van der Waals surface area contributed by atoms with E-state index in [0.29, 0.717) is 18.7 Å². The molecule has 2 rings (SSSR count). The monoisotopic (exact) mass is 272 g/mol. The molecule has 5 nitrogen and oxygen atoms in total. The predicted molar refractivity (Wildman–Crippen MR) is 76.7 cm³/mol. The summed E-state index contributed by atoms with van der Waals surface area (Å²) in [6.45, 7) is 0.458. The number of nitrogens with one attached hydrogen (secondary N) is 1. The number of benzene rings is 2. The summed E-state index contributed by atoms with van der Waals surface area (Å²) in [4.78, 5) is 11.8. The summed E-state index contributed by atoms with van der Waals surface area (Å²) in [5.74, 6) is -0.631. The van der Waals surface area contributed by atoms with E-state index in [1.807, 2.05) is 24.3 Å². The molecule has 0 fully saturated rings. The van der Waals surface area contributed by atoms with Crippen LogP contribution in [-0.2, 0) is 6.42 Å². The normalized spacial score (nSPS) is 10.2. The number of carbonyl (C=O) groups is 1. The number of nitrogens with two attached hydrogens (primary N) is 1. The molecular formula is C15H16N2O3. The summed E-state index contributed by atoms with van der Waals surface area (Å²) in [5.41, 5.74) is 7.58. The minimum atomic E-state index is -0.341. The molecule has 0 saturated heterocycles. The molecule has 0 heterocycles. The van der Waals surface area contributed by atoms with Gasteiger partial charge in [0.25, 0.3) is 5.91 Å². The average Bonchev–Trinajstić information content (AvgIpc) is 2.40. The van der Waals surface area contributed by atoms with Crippen molar-refractivity contribution in [1.29, 1.82) is 0 Å². The fourth-order valence-corrected chi connectivity index (χ4v) is 1.83. The van der Waals surface area contributed by atoms with Crippen LogP contribution in [0.4, 0.5) is 5.69 Å². The highest BCUT2D eigenvalue weighted by molar-refractivity contribution is 5.95. The van der Waals surface area contributed by atoms with Crippen LogP contribution in [-0.4, -0.2) is 22.7 Å². The van der Waals surface area contributed by atoms with Gasteiger partial charge in [0.05, 0.1) is 0 Å². The number of rotatable bonds is 4. The molecule has 0 bridgehead atoms. The summed E-state index contributed by atoms with van der Waals surface area (Å²) in [5, 5.41) is 21.4. The number of phenols is 2. The Kier molecular flexibility index (Phi) is 4.10. The Morgan fingerprint density at radius 2 is 1.65 bits per heavy atom. The van der Waals surface area contributed by atoms with Crippen molar-refractivity contribution in [3.8, 4) is 11.5 Å². The van der Waals surface area contributed by atoms with E-state index in [0.717, 1.165) is 5.56 Å². The molecule has 0 aromatic heterocycles. The second-order valence-electron chi connectivity index (χ2n) is 4.49. The Morgan fingerprint density at radius 1 is 1.05 bits per heavy atom. The van der Waals surface area contributed by atoms with Gasteiger partial charge in [-0.05, 0) is 36.2 Å². The van der Waals surface area contributed by atoms with Crippen molar-refractivity contribution in [1.82, 2.24) is 5.32 Å². The Balaban J connectivity index is 1.90. The summed E-state index contributed by atoms with van der Waals surface area (Å²) < 4.78 is 0. The maximum absolute atomic E-state index is 11.8. The maximum Gasteiger partial charge on any atom is 0.251 e. The van der Waals surface area contributed by atoms with Gasteiger partial charge in [-0.1, -0.05) is 12.1 Å². The maximum atomic E-state index is 11.8. The number of amides is 1. The van der Waals surface area contributed by atoms with Crippen molar-refractivity contribution in [2.24, 2.45) is 0 Å². The number of anilines is 1. The van der Waals surface area contributed by atoms with Crippen molar-refractivity contribution >= 4 is 11.6 Å². The summed E-state index contributed by atoms with van der Waals surface area (Å²) in [7, 11) is 0. The molecule has 2 aromatic rings. The second-order valence-corrected chi connectivity index (χ2v) is 4.49. The third-order valence-corrected chi connectivity index (χ3v) is 2.84. The number of phenolic OH excluding ortho intramolecular Hbond substituents is 2. The molecule has 104 valence electrons. The average molecular weight is 272 g/mol. The van der Waals surface area contributed by atoms with E-state index in [-0.39, 0.29) is 23.0 Å². The topological polar surface area (TPSA) is 95.6 Å².